The van der Waals surface area contributed by atoms with Crippen molar-refractivity contribution in [3.05, 3.63) is 12.8 Å². The molecule has 0 unspecified atom stereocenters. The Morgan fingerprint density at radius 2 is 0.463 bits per heavy atom. The molecule has 0 fully saturated rings. The average molecular weight is 601 g/mol. The van der Waals surface area contributed by atoms with Crippen molar-refractivity contribution < 1.29 is 61.6 Å². The fraction of sp³-hybridized carbons (Fsp3) is 0.929. The van der Waals surface area contributed by atoms with Gasteiger partial charge in [-0.15, -0.1) is 0 Å². The van der Waals surface area contributed by atoms with E-state index in [1.54, 1.807) is 0 Å². The topological polar surface area (TPSA) is 120 Å². The first-order valence-electron chi connectivity index (χ1n) is 14.6. The number of rotatable bonds is 38. The SMILES string of the molecule is C=COCCOCCOCCOCCOCCOCCOCCOCCOCCOCCOCCOCCOCC. The highest BCUT2D eigenvalue weighted by atomic mass is 16.6. The van der Waals surface area contributed by atoms with Gasteiger partial charge in [-0.05, 0) is 6.92 Å². The third-order valence-electron chi connectivity index (χ3n) is 4.76. The van der Waals surface area contributed by atoms with Gasteiger partial charge in [-0.1, -0.05) is 6.58 Å². The summed E-state index contributed by atoms with van der Waals surface area (Å²) in [4.78, 5) is 0. The molecule has 0 saturated carbocycles. The summed E-state index contributed by atoms with van der Waals surface area (Å²) in [5.41, 5.74) is 0. The van der Waals surface area contributed by atoms with Crippen molar-refractivity contribution in [1.29, 1.82) is 0 Å². The quantitative estimate of drug-likeness (QED) is 0.0750. The summed E-state index contributed by atoms with van der Waals surface area (Å²) in [6, 6.07) is 0. The molecule has 246 valence electrons. The maximum Gasteiger partial charge on any atom is 0.111 e. The van der Waals surface area contributed by atoms with Crippen molar-refractivity contribution in [2.24, 2.45) is 0 Å². The van der Waals surface area contributed by atoms with E-state index in [1.165, 1.54) is 6.26 Å². The van der Waals surface area contributed by atoms with Gasteiger partial charge in [0.25, 0.3) is 0 Å². The minimum absolute atomic E-state index is 0.503. The van der Waals surface area contributed by atoms with Crippen LogP contribution in [0, 0.1) is 0 Å². The van der Waals surface area contributed by atoms with Crippen LogP contribution in [0.1, 0.15) is 6.92 Å². The molecular weight excluding hydrogens is 544 g/mol. The second kappa shape index (κ2) is 39.1. The Hall–Kier alpha value is -0.940. The molecule has 0 aromatic rings. The molecular formula is C28H56O13. The van der Waals surface area contributed by atoms with Gasteiger partial charge in [0.1, 0.15) is 6.61 Å². The van der Waals surface area contributed by atoms with Gasteiger partial charge in [-0.25, -0.2) is 0 Å². The van der Waals surface area contributed by atoms with Gasteiger partial charge in [0.05, 0.1) is 158 Å². The highest BCUT2D eigenvalue weighted by Crippen LogP contribution is 1.87. The Morgan fingerprint density at radius 3 is 0.634 bits per heavy atom. The number of hydrogen-bond donors (Lipinski definition) is 0. The Labute approximate surface area is 246 Å². The Morgan fingerprint density at radius 1 is 0.293 bits per heavy atom. The lowest BCUT2D eigenvalue weighted by Gasteiger charge is -2.09. The lowest BCUT2D eigenvalue weighted by Crippen LogP contribution is -2.15. The molecule has 0 aliphatic carbocycles. The molecule has 0 aromatic carbocycles. The largest absolute Gasteiger partial charge is 0.499 e. The first kappa shape index (κ1) is 40.1. The molecule has 0 radical (unpaired) electrons. The van der Waals surface area contributed by atoms with Crippen molar-refractivity contribution in [3.8, 4) is 0 Å². The second-order valence-electron chi connectivity index (χ2n) is 7.97. The minimum atomic E-state index is 0.503. The monoisotopic (exact) mass is 600 g/mol. The van der Waals surface area contributed by atoms with E-state index in [-0.39, 0.29) is 0 Å². The molecule has 0 aliphatic rings. The average Bonchev–Trinajstić information content (AvgIpc) is 2.98. The summed E-state index contributed by atoms with van der Waals surface area (Å²) in [5, 5.41) is 0. The van der Waals surface area contributed by atoms with Crippen LogP contribution in [0.25, 0.3) is 0 Å². The standard InChI is InChI=1S/C28H56O13/c1-3-29-5-7-31-9-11-33-13-15-35-17-19-37-21-23-39-25-27-41-28-26-40-24-22-38-20-18-36-16-14-34-12-10-32-8-6-30-4-2/h3H,1,4-28H2,2H3. The molecule has 0 saturated heterocycles. The van der Waals surface area contributed by atoms with Crippen LogP contribution < -0.4 is 0 Å². The molecule has 0 amide bonds. The molecule has 13 heteroatoms. The van der Waals surface area contributed by atoms with E-state index in [0.717, 1.165) is 0 Å². The summed E-state index contributed by atoms with van der Waals surface area (Å²) in [7, 11) is 0. The summed E-state index contributed by atoms with van der Waals surface area (Å²) in [6.07, 6.45) is 1.40. The van der Waals surface area contributed by atoms with Crippen molar-refractivity contribution in [3.63, 3.8) is 0 Å². The molecule has 0 rings (SSSR count). The lowest BCUT2D eigenvalue weighted by atomic mass is 10.6. The third kappa shape index (κ3) is 39.1. The van der Waals surface area contributed by atoms with E-state index >= 15 is 0 Å². The van der Waals surface area contributed by atoms with Crippen LogP contribution in [-0.2, 0) is 61.6 Å². The molecule has 0 bridgehead atoms. The molecule has 41 heavy (non-hydrogen) atoms. The summed E-state index contributed by atoms with van der Waals surface area (Å²) < 4.78 is 69.8. The first-order chi connectivity index (χ1) is 20.4. The maximum atomic E-state index is 5.47. The van der Waals surface area contributed by atoms with Crippen LogP contribution in [-0.4, -0.2) is 165 Å². The smallest absolute Gasteiger partial charge is 0.111 e. The zero-order chi connectivity index (χ0) is 29.6. The zero-order valence-electron chi connectivity index (χ0n) is 25.3. The van der Waals surface area contributed by atoms with Gasteiger partial charge in [0.2, 0.25) is 0 Å². The molecule has 0 aromatic heterocycles. The predicted octanol–water partition coefficient (Wildman–Crippen LogP) is 1.37. The van der Waals surface area contributed by atoms with E-state index in [1.807, 2.05) is 6.92 Å². The van der Waals surface area contributed by atoms with Crippen molar-refractivity contribution >= 4 is 0 Å². The summed E-state index contributed by atoms with van der Waals surface area (Å²) in [6.45, 7) is 18.8. The second-order valence-corrected chi connectivity index (χ2v) is 7.97. The Kier molecular flexibility index (Phi) is 38.2. The van der Waals surface area contributed by atoms with Crippen LogP contribution >= 0.6 is 0 Å². The van der Waals surface area contributed by atoms with Crippen molar-refractivity contribution in [2.45, 2.75) is 6.92 Å². The van der Waals surface area contributed by atoms with E-state index in [4.69, 9.17) is 61.6 Å². The number of ether oxygens (including phenoxy) is 13. The van der Waals surface area contributed by atoms with Crippen LogP contribution in [0.5, 0.6) is 0 Å². The molecule has 0 atom stereocenters. The number of hydrogen-bond acceptors (Lipinski definition) is 13. The molecule has 0 heterocycles. The van der Waals surface area contributed by atoms with Crippen molar-refractivity contribution in [1.82, 2.24) is 0 Å². The van der Waals surface area contributed by atoms with Crippen LogP contribution in [0.3, 0.4) is 0 Å². The minimum Gasteiger partial charge on any atom is -0.499 e. The molecule has 13 nitrogen and oxygen atoms in total. The Bertz CT molecular complexity index is 474. The third-order valence-corrected chi connectivity index (χ3v) is 4.76. The van der Waals surface area contributed by atoms with Gasteiger partial charge < -0.3 is 61.6 Å². The van der Waals surface area contributed by atoms with E-state index < -0.39 is 0 Å². The van der Waals surface area contributed by atoms with Gasteiger partial charge >= 0.3 is 0 Å². The van der Waals surface area contributed by atoms with Gasteiger partial charge in [0.15, 0.2) is 0 Å². The highest BCUT2D eigenvalue weighted by Gasteiger charge is 1.96. The fourth-order valence-electron chi connectivity index (χ4n) is 2.75. The summed E-state index contributed by atoms with van der Waals surface area (Å²) >= 11 is 0. The molecule has 0 spiro atoms. The Balaban J connectivity index is 3.02. The maximum absolute atomic E-state index is 5.47. The van der Waals surface area contributed by atoms with E-state index in [0.29, 0.717) is 165 Å². The van der Waals surface area contributed by atoms with E-state index in [9.17, 15) is 0 Å². The highest BCUT2D eigenvalue weighted by molar-refractivity contribution is 4.47. The normalized spacial score (nSPS) is 11.3. The summed E-state index contributed by atoms with van der Waals surface area (Å²) in [5.74, 6) is 0. The van der Waals surface area contributed by atoms with Crippen LogP contribution in [0.4, 0.5) is 0 Å². The lowest BCUT2D eigenvalue weighted by molar-refractivity contribution is -0.0285. The predicted molar refractivity (Wildman–Crippen MR) is 152 cm³/mol. The van der Waals surface area contributed by atoms with Crippen molar-refractivity contribution in [2.75, 3.05) is 165 Å². The molecule has 0 aliphatic heterocycles. The first-order valence-corrected chi connectivity index (χ1v) is 14.6. The molecule has 0 N–H and O–H groups in total. The van der Waals surface area contributed by atoms with Gasteiger partial charge in [0, 0.05) is 6.61 Å². The van der Waals surface area contributed by atoms with Crippen LogP contribution in [0.15, 0.2) is 12.8 Å². The van der Waals surface area contributed by atoms with Crippen LogP contribution in [0.2, 0.25) is 0 Å². The van der Waals surface area contributed by atoms with E-state index in [2.05, 4.69) is 6.58 Å². The fourth-order valence-corrected chi connectivity index (χ4v) is 2.75. The van der Waals surface area contributed by atoms with Gasteiger partial charge in [-0.2, -0.15) is 0 Å². The van der Waals surface area contributed by atoms with Gasteiger partial charge in [-0.3, -0.25) is 0 Å². The zero-order valence-corrected chi connectivity index (χ0v) is 25.3.